The smallest absolute Gasteiger partial charge is 0.223 e. The number of rotatable bonds is 4. The van der Waals surface area contributed by atoms with Gasteiger partial charge in [-0.1, -0.05) is 26.1 Å². The van der Waals surface area contributed by atoms with Gasteiger partial charge in [0, 0.05) is 5.92 Å². The molecule has 0 aliphatic heterocycles. The van der Waals surface area contributed by atoms with Crippen LogP contribution in [0.3, 0.4) is 0 Å². The molecule has 3 nitrogen and oxygen atoms in total. The Morgan fingerprint density at radius 3 is 2.35 bits per heavy atom. The third-order valence-electron chi connectivity index (χ3n) is 4.04. The minimum absolute atomic E-state index is 0.119. The van der Waals surface area contributed by atoms with Gasteiger partial charge >= 0.3 is 0 Å². The van der Waals surface area contributed by atoms with Crippen molar-refractivity contribution in [3.8, 4) is 0 Å². The average molecular weight is 256 g/mol. The summed E-state index contributed by atoms with van der Waals surface area (Å²) in [7, 11) is 0. The van der Waals surface area contributed by atoms with E-state index in [1.54, 1.807) is 0 Å². The lowest BCUT2D eigenvalue weighted by atomic mass is 9.82. The van der Waals surface area contributed by atoms with Crippen LogP contribution < -0.4 is 11.1 Å². The first kappa shape index (κ1) is 14.4. The summed E-state index contributed by atoms with van der Waals surface area (Å²) in [6.07, 6.45) is 5.01. The van der Waals surface area contributed by atoms with E-state index in [0.717, 1.165) is 38.0 Å². The first-order chi connectivity index (χ1) is 7.89. The molecule has 98 valence electrons. The Balaban J connectivity index is 2.56. The Kier molecular flexibility index (Phi) is 4.92. The molecule has 0 saturated heterocycles. The van der Waals surface area contributed by atoms with Crippen LogP contribution in [0.2, 0.25) is 0 Å². The topological polar surface area (TPSA) is 55.1 Å². The molecule has 4 heteroatoms. The molecule has 0 heterocycles. The molecule has 1 aliphatic carbocycles. The van der Waals surface area contributed by atoms with E-state index < -0.39 is 5.54 Å². The van der Waals surface area contributed by atoms with Gasteiger partial charge in [-0.15, -0.1) is 0 Å². The second-order valence-corrected chi connectivity index (χ2v) is 5.94. The third kappa shape index (κ3) is 3.66. The summed E-state index contributed by atoms with van der Waals surface area (Å²) >= 11 is 5.03. The number of carbonyl (C=O) groups excluding carboxylic acids is 1. The summed E-state index contributed by atoms with van der Waals surface area (Å²) < 4.78 is 0. The molecule has 1 unspecified atom stereocenters. The zero-order chi connectivity index (χ0) is 13.1. The van der Waals surface area contributed by atoms with Gasteiger partial charge in [0.2, 0.25) is 5.91 Å². The molecule has 0 spiro atoms. The molecule has 1 aliphatic rings. The van der Waals surface area contributed by atoms with Gasteiger partial charge in [-0.2, -0.15) is 0 Å². The molecule has 1 saturated carbocycles. The van der Waals surface area contributed by atoms with Crippen molar-refractivity contribution in [2.75, 3.05) is 0 Å². The molecule has 1 rings (SSSR count). The summed E-state index contributed by atoms with van der Waals surface area (Å²) in [4.78, 5) is 12.5. The van der Waals surface area contributed by atoms with Crippen molar-refractivity contribution in [1.82, 2.24) is 5.32 Å². The number of amides is 1. The second kappa shape index (κ2) is 5.80. The highest BCUT2D eigenvalue weighted by Crippen LogP contribution is 2.28. The van der Waals surface area contributed by atoms with E-state index in [4.69, 9.17) is 18.0 Å². The van der Waals surface area contributed by atoms with Crippen LogP contribution in [-0.4, -0.2) is 16.4 Å². The van der Waals surface area contributed by atoms with E-state index in [2.05, 4.69) is 12.2 Å². The summed E-state index contributed by atoms with van der Waals surface area (Å²) in [6.45, 7) is 6.14. The molecule has 1 amide bonds. The number of nitrogens with one attached hydrogen (secondary N) is 1. The number of carbonyl (C=O) groups is 1. The van der Waals surface area contributed by atoms with E-state index in [9.17, 15) is 4.79 Å². The van der Waals surface area contributed by atoms with Crippen molar-refractivity contribution >= 4 is 23.1 Å². The summed E-state index contributed by atoms with van der Waals surface area (Å²) in [5.41, 5.74) is 5.17. The monoisotopic (exact) mass is 256 g/mol. The SMILES string of the molecule is CCC(C)(NC(=O)C1CCC(C)CC1)C(N)=S. The molecule has 0 bridgehead atoms. The summed E-state index contributed by atoms with van der Waals surface area (Å²) in [5.74, 6) is 1.02. The largest absolute Gasteiger partial charge is 0.391 e. The van der Waals surface area contributed by atoms with Crippen LogP contribution in [-0.2, 0) is 4.79 Å². The third-order valence-corrected chi connectivity index (χ3v) is 4.49. The van der Waals surface area contributed by atoms with Gasteiger partial charge in [-0.25, -0.2) is 0 Å². The highest BCUT2D eigenvalue weighted by atomic mass is 32.1. The average Bonchev–Trinajstić information content (AvgIpc) is 2.29. The van der Waals surface area contributed by atoms with Crippen molar-refractivity contribution in [3.05, 3.63) is 0 Å². The van der Waals surface area contributed by atoms with Crippen molar-refractivity contribution in [2.45, 2.75) is 58.4 Å². The van der Waals surface area contributed by atoms with Crippen LogP contribution in [0.5, 0.6) is 0 Å². The first-order valence-electron chi connectivity index (χ1n) is 6.51. The van der Waals surface area contributed by atoms with E-state index in [-0.39, 0.29) is 11.8 Å². The maximum absolute atomic E-state index is 12.2. The molecule has 1 atom stereocenters. The molecule has 0 radical (unpaired) electrons. The quantitative estimate of drug-likeness (QED) is 0.759. The molecule has 0 aromatic rings. The first-order valence-corrected chi connectivity index (χ1v) is 6.91. The van der Waals surface area contributed by atoms with Crippen LogP contribution in [0, 0.1) is 11.8 Å². The van der Waals surface area contributed by atoms with Crippen molar-refractivity contribution in [1.29, 1.82) is 0 Å². The minimum atomic E-state index is -0.532. The number of hydrogen-bond acceptors (Lipinski definition) is 2. The summed E-state index contributed by atoms with van der Waals surface area (Å²) in [6, 6.07) is 0. The van der Waals surface area contributed by atoms with Gasteiger partial charge in [-0.3, -0.25) is 4.79 Å². The molecule has 0 aromatic heterocycles. The fourth-order valence-corrected chi connectivity index (χ4v) is 2.42. The lowest BCUT2D eigenvalue weighted by molar-refractivity contribution is -0.127. The van der Waals surface area contributed by atoms with Crippen molar-refractivity contribution in [3.63, 3.8) is 0 Å². The van der Waals surface area contributed by atoms with E-state index >= 15 is 0 Å². The van der Waals surface area contributed by atoms with Crippen LogP contribution in [0.1, 0.15) is 52.9 Å². The molecular formula is C13H24N2OS. The Hall–Kier alpha value is -0.640. The zero-order valence-corrected chi connectivity index (χ0v) is 11.9. The van der Waals surface area contributed by atoms with Crippen LogP contribution in [0.4, 0.5) is 0 Å². The van der Waals surface area contributed by atoms with Crippen molar-refractivity contribution in [2.24, 2.45) is 17.6 Å². The van der Waals surface area contributed by atoms with Gasteiger partial charge in [0.1, 0.15) is 0 Å². The number of nitrogens with two attached hydrogens (primary N) is 1. The van der Waals surface area contributed by atoms with E-state index in [0.29, 0.717) is 4.99 Å². The Morgan fingerprint density at radius 2 is 1.94 bits per heavy atom. The van der Waals surface area contributed by atoms with E-state index in [1.807, 2.05) is 13.8 Å². The van der Waals surface area contributed by atoms with Gasteiger partial charge in [0.25, 0.3) is 0 Å². The molecule has 3 N–H and O–H groups in total. The second-order valence-electron chi connectivity index (χ2n) is 5.50. The van der Waals surface area contributed by atoms with Crippen LogP contribution >= 0.6 is 12.2 Å². The van der Waals surface area contributed by atoms with Gasteiger partial charge in [0.15, 0.2) is 0 Å². The van der Waals surface area contributed by atoms with Gasteiger partial charge < -0.3 is 11.1 Å². The molecule has 17 heavy (non-hydrogen) atoms. The lowest BCUT2D eigenvalue weighted by Gasteiger charge is -2.32. The maximum Gasteiger partial charge on any atom is 0.223 e. The molecule has 1 fully saturated rings. The molecular weight excluding hydrogens is 232 g/mol. The normalized spacial score (nSPS) is 28.2. The highest BCUT2D eigenvalue weighted by Gasteiger charge is 2.32. The van der Waals surface area contributed by atoms with Crippen LogP contribution in [0.15, 0.2) is 0 Å². The highest BCUT2D eigenvalue weighted by molar-refractivity contribution is 7.80. The molecule has 0 aromatic carbocycles. The zero-order valence-electron chi connectivity index (χ0n) is 11.1. The van der Waals surface area contributed by atoms with Gasteiger partial charge in [-0.05, 0) is 44.9 Å². The predicted octanol–water partition coefficient (Wildman–Crippen LogP) is 2.38. The predicted molar refractivity (Wildman–Crippen MR) is 74.7 cm³/mol. The van der Waals surface area contributed by atoms with Crippen molar-refractivity contribution < 1.29 is 4.79 Å². The van der Waals surface area contributed by atoms with E-state index in [1.165, 1.54) is 0 Å². The van der Waals surface area contributed by atoms with Gasteiger partial charge in [0.05, 0.1) is 10.5 Å². The fraction of sp³-hybridized carbons (Fsp3) is 0.846. The lowest BCUT2D eigenvalue weighted by Crippen LogP contribution is -2.55. The maximum atomic E-state index is 12.2. The minimum Gasteiger partial charge on any atom is -0.391 e. The standard InChI is InChI=1S/C13H24N2OS/c1-4-13(3,12(14)17)15-11(16)10-7-5-9(2)6-8-10/h9-10H,4-8H2,1-3H3,(H2,14,17)(H,15,16). The Labute approximate surface area is 110 Å². The fourth-order valence-electron chi connectivity index (χ4n) is 2.22. The number of hydrogen-bond donors (Lipinski definition) is 2. The summed E-state index contributed by atoms with van der Waals surface area (Å²) in [5, 5.41) is 3.02. The number of thiocarbonyl (C=S) groups is 1. The Morgan fingerprint density at radius 1 is 1.41 bits per heavy atom. The van der Waals surface area contributed by atoms with Crippen LogP contribution in [0.25, 0.3) is 0 Å². The Bertz CT molecular complexity index is 298.